The van der Waals surface area contributed by atoms with Crippen LogP contribution in [0, 0.1) is 0 Å². The molecule has 0 aromatic heterocycles. The highest BCUT2D eigenvalue weighted by Gasteiger charge is 2.35. The van der Waals surface area contributed by atoms with Crippen LogP contribution in [-0.4, -0.2) is 70.7 Å². The molecular weight excluding hydrogens is 470 g/mol. The van der Waals surface area contributed by atoms with Crippen molar-refractivity contribution in [2.45, 2.75) is 43.7 Å². The predicted molar refractivity (Wildman–Crippen MR) is 133 cm³/mol. The van der Waals surface area contributed by atoms with E-state index in [1.807, 2.05) is 25.1 Å². The molecule has 0 radical (unpaired) electrons. The number of carbonyl (C=O) groups excluding carboxylic acids is 2. The van der Waals surface area contributed by atoms with Crippen LogP contribution in [0.25, 0.3) is 11.1 Å². The number of carbonyl (C=O) groups is 2. The van der Waals surface area contributed by atoms with Crippen LogP contribution in [0.3, 0.4) is 0 Å². The minimum absolute atomic E-state index is 0.109. The Balaban J connectivity index is 1.69. The van der Waals surface area contributed by atoms with Crippen molar-refractivity contribution in [3.63, 3.8) is 0 Å². The predicted octanol–water partition coefficient (Wildman–Crippen LogP) is 3.48. The van der Waals surface area contributed by atoms with E-state index in [-0.39, 0.29) is 22.9 Å². The van der Waals surface area contributed by atoms with Gasteiger partial charge in [-0.3, -0.25) is 9.69 Å². The molecule has 4 rings (SSSR count). The van der Waals surface area contributed by atoms with Crippen molar-refractivity contribution < 1.29 is 27.5 Å². The van der Waals surface area contributed by atoms with Crippen molar-refractivity contribution in [3.05, 3.63) is 42.5 Å². The van der Waals surface area contributed by atoms with E-state index in [4.69, 9.17) is 9.47 Å². The molecule has 10 heteroatoms. The molecule has 2 amide bonds. The monoisotopic (exact) mass is 501 g/mol. The minimum atomic E-state index is -3.54. The summed E-state index contributed by atoms with van der Waals surface area (Å²) in [5, 5.41) is 0. The number of hydrogen-bond acceptors (Lipinski definition) is 6. The molecule has 2 aromatic carbocycles. The molecule has 35 heavy (non-hydrogen) atoms. The zero-order valence-electron chi connectivity index (χ0n) is 20.4. The highest BCUT2D eigenvalue weighted by atomic mass is 32.2. The Labute approximate surface area is 206 Å². The lowest BCUT2D eigenvalue weighted by atomic mass is 10.0. The molecule has 0 bridgehead atoms. The molecule has 0 saturated carbocycles. The zero-order chi connectivity index (χ0) is 25.3. The Kier molecular flexibility index (Phi) is 7.16. The van der Waals surface area contributed by atoms with Gasteiger partial charge in [0.1, 0.15) is 6.10 Å². The normalized spacial score (nSPS) is 18.9. The number of fused-ring (bicyclic) bond motifs is 1. The van der Waals surface area contributed by atoms with E-state index in [9.17, 15) is 18.0 Å². The number of ether oxygens (including phenoxy) is 2. The van der Waals surface area contributed by atoms with Gasteiger partial charge in [-0.25, -0.2) is 17.5 Å². The molecule has 0 aliphatic carbocycles. The van der Waals surface area contributed by atoms with Gasteiger partial charge in [-0.15, -0.1) is 0 Å². The second-order valence-corrected chi connectivity index (χ2v) is 11.2. The van der Waals surface area contributed by atoms with Crippen LogP contribution in [0.5, 0.6) is 0 Å². The molecule has 188 valence electrons. The fourth-order valence-electron chi connectivity index (χ4n) is 4.49. The Hall–Kier alpha value is -2.95. The van der Waals surface area contributed by atoms with Gasteiger partial charge >= 0.3 is 6.09 Å². The average Bonchev–Trinajstić information content (AvgIpc) is 2.83. The zero-order valence-corrected chi connectivity index (χ0v) is 21.2. The Morgan fingerprint density at radius 2 is 1.63 bits per heavy atom. The van der Waals surface area contributed by atoms with Crippen LogP contribution in [0.2, 0.25) is 0 Å². The van der Waals surface area contributed by atoms with Crippen molar-refractivity contribution in [1.29, 1.82) is 0 Å². The molecule has 1 saturated heterocycles. The number of nitrogens with zero attached hydrogens (tertiary/aromatic N) is 3. The summed E-state index contributed by atoms with van der Waals surface area (Å²) in [4.78, 5) is 29.1. The maximum Gasteiger partial charge on any atom is 0.414 e. The number of amides is 2. The molecule has 1 atom stereocenters. The van der Waals surface area contributed by atoms with Crippen molar-refractivity contribution >= 4 is 33.4 Å². The van der Waals surface area contributed by atoms with Crippen molar-refractivity contribution in [3.8, 4) is 11.1 Å². The lowest BCUT2D eigenvalue weighted by molar-refractivity contribution is -0.117. The third kappa shape index (κ3) is 5.05. The number of rotatable bonds is 4. The van der Waals surface area contributed by atoms with Crippen LogP contribution >= 0.6 is 0 Å². The van der Waals surface area contributed by atoms with Gasteiger partial charge in [0.05, 0.1) is 35.5 Å². The molecule has 2 aromatic rings. The maximum absolute atomic E-state index is 13.2. The van der Waals surface area contributed by atoms with Gasteiger partial charge < -0.3 is 14.4 Å². The summed E-state index contributed by atoms with van der Waals surface area (Å²) in [6.07, 6.45) is 0.668. The minimum Gasteiger partial charge on any atom is -0.446 e. The van der Waals surface area contributed by atoms with Gasteiger partial charge in [0.15, 0.2) is 0 Å². The highest BCUT2D eigenvalue weighted by molar-refractivity contribution is 7.89. The van der Waals surface area contributed by atoms with E-state index in [1.54, 1.807) is 34.1 Å². The summed E-state index contributed by atoms with van der Waals surface area (Å²) in [6.45, 7) is 4.84. The summed E-state index contributed by atoms with van der Waals surface area (Å²) in [5.41, 5.74) is 2.80. The van der Waals surface area contributed by atoms with Crippen LogP contribution < -0.4 is 9.80 Å². The first-order chi connectivity index (χ1) is 16.6. The van der Waals surface area contributed by atoms with E-state index in [0.717, 1.165) is 11.1 Å². The molecule has 1 unspecified atom stereocenters. The molecule has 2 aliphatic rings. The second kappa shape index (κ2) is 9.96. The summed E-state index contributed by atoms with van der Waals surface area (Å²) in [5.74, 6) is -0.109. The number of hydrogen-bond donors (Lipinski definition) is 0. The van der Waals surface area contributed by atoms with Gasteiger partial charge in [-0.2, -0.15) is 0 Å². The molecule has 2 heterocycles. The number of anilines is 2. The van der Waals surface area contributed by atoms with Crippen molar-refractivity contribution in [2.75, 3.05) is 43.7 Å². The van der Waals surface area contributed by atoms with Gasteiger partial charge in [0, 0.05) is 40.4 Å². The van der Waals surface area contributed by atoms with E-state index in [1.165, 1.54) is 25.3 Å². The van der Waals surface area contributed by atoms with Gasteiger partial charge in [0.2, 0.25) is 15.9 Å². The molecular formula is C25H31N3O6S. The molecule has 2 aliphatic heterocycles. The number of sulfonamides is 1. The Bertz CT molecular complexity index is 1210. The van der Waals surface area contributed by atoms with Crippen LogP contribution in [0.15, 0.2) is 47.4 Å². The average molecular weight is 502 g/mol. The van der Waals surface area contributed by atoms with Gasteiger partial charge in [-0.05, 0) is 42.3 Å². The smallest absolute Gasteiger partial charge is 0.414 e. The largest absolute Gasteiger partial charge is 0.446 e. The highest BCUT2D eigenvalue weighted by Crippen LogP contribution is 2.39. The third-order valence-electron chi connectivity index (χ3n) is 6.37. The summed E-state index contributed by atoms with van der Waals surface area (Å²) >= 11 is 0. The standard InChI is InChI=1S/C25H31N3O6S/c1-17-16-27(25(30)34-21-11-13-33-14-12-21)24-15-20(7-10-23(24)28(17)18(2)29)19-5-8-22(9-6-19)35(31,32)26(3)4/h5-10,15,17,21H,11-14,16H2,1-4H3. The Morgan fingerprint density at radius 1 is 1.00 bits per heavy atom. The van der Waals surface area contributed by atoms with E-state index in [0.29, 0.717) is 44.0 Å². The fraction of sp³-hybridized carbons (Fsp3) is 0.440. The second-order valence-electron chi connectivity index (χ2n) is 9.06. The molecule has 1 fully saturated rings. The van der Waals surface area contributed by atoms with Gasteiger partial charge in [0.25, 0.3) is 0 Å². The van der Waals surface area contributed by atoms with Gasteiger partial charge in [-0.1, -0.05) is 18.2 Å². The van der Waals surface area contributed by atoms with E-state index in [2.05, 4.69) is 0 Å². The first-order valence-corrected chi connectivity index (χ1v) is 13.1. The van der Waals surface area contributed by atoms with E-state index >= 15 is 0 Å². The fourth-order valence-corrected chi connectivity index (χ4v) is 5.39. The molecule has 0 N–H and O–H groups in total. The molecule has 9 nitrogen and oxygen atoms in total. The topological polar surface area (TPSA) is 96.5 Å². The lowest BCUT2D eigenvalue weighted by Crippen LogP contribution is -2.52. The number of benzene rings is 2. The maximum atomic E-state index is 13.2. The van der Waals surface area contributed by atoms with Crippen LogP contribution in [0.4, 0.5) is 16.2 Å². The SMILES string of the molecule is CC(=O)N1c2ccc(-c3ccc(S(=O)(=O)N(C)C)cc3)cc2N(C(=O)OC2CCOCC2)CC1C. The summed E-state index contributed by atoms with van der Waals surface area (Å²) in [7, 11) is -0.559. The summed E-state index contributed by atoms with van der Waals surface area (Å²) in [6, 6.07) is 11.9. The van der Waals surface area contributed by atoms with Crippen LogP contribution in [0.1, 0.15) is 26.7 Å². The lowest BCUT2D eigenvalue weighted by Gasteiger charge is -2.41. The quantitative estimate of drug-likeness (QED) is 0.637. The third-order valence-corrected chi connectivity index (χ3v) is 8.20. The first-order valence-electron chi connectivity index (χ1n) is 11.6. The summed E-state index contributed by atoms with van der Waals surface area (Å²) < 4.78 is 37.1. The van der Waals surface area contributed by atoms with Crippen molar-refractivity contribution in [2.24, 2.45) is 0 Å². The van der Waals surface area contributed by atoms with Crippen LogP contribution in [-0.2, 0) is 24.3 Å². The van der Waals surface area contributed by atoms with E-state index < -0.39 is 16.1 Å². The molecule has 0 spiro atoms. The van der Waals surface area contributed by atoms with Crippen molar-refractivity contribution in [1.82, 2.24) is 4.31 Å². The Morgan fingerprint density at radius 3 is 2.23 bits per heavy atom. The first kappa shape index (κ1) is 25.2.